The zero-order valence-corrected chi connectivity index (χ0v) is 12.3. The summed E-state index contributed by atoms with van der Waals surface area (Å²) in [5, 5.41) is 0. The number of hydrogen-bond acceptors (Lipinski definition) is 2. The summed E-state index contributed by atoms with van der Waals surface area (Å²) in [6.45, 7) is 0.319. The molecule has 0 N–H and O–H groups in total. The lowest BCUT2D eigenvalue weighted by Gasteiger charge is -2.24. The Hall–Kier alpha value is -1.71. The van der Waals surface area contributed by atoms with Gasteiger partial charge in [-0.3, -0.25) is 4.90 Å². The van der Waals surface area contributed by atoms with Gasteiger partial charge >= 0.3 is 0 Å². The summed E-state index contributed by atoms with van der Waals surface area (Å²) in [6, 6.07) is 20.0. The molecular weight excluding hydrogens is 265 g/mol. The summed E-state index contributed by atoms with van der Waals surface area (Å²) in [5.74, 6) is 0. The van der Waals surface area contributed by atoms with Crippen LogP contribution in [0.3, 0.4) is 0 Å². The number of benzene rings is 2. The number of halogens is 1. The second kappa shape index (κ2) is 8.55. The molecule has 2 unspecified atom stereocenters. The van der Waals surface area contributed by atoms with E-state index in [2.05, 4.69) is 0 Å². The second-order valence-corrected chi connectivity index (χ2v) is 5.03. The molecule has 2 aromatic carbocycles. The fourth-order valence-corrected chi connectivity index (χ4v) is 2.31. The first kappa shape index (κ1) is 14.2. The maximum absolute atomic E-state index is 14.1. The van der Waals surface area contributed by atoms with E-state index in [1.165, 1.54) is 7.11 Å². The van der Waals surface area contributed by atoms with Crippen molar-refractivity contribution in [2.45, 2.75) is 19.3 Å². The molecule has 0 heterocycles. The maximum Gasteiger partial charge on any atom is 0.136 e. The Balaban J connectivity index is 2.06. The molecule has 0 radical (unpaired) electrons. The van der Waals surface area contributed by atoms with Crippen molar-refractivity contribution in [1.29, 1.82) is 0 Å². The molecule has 2 rings (SSSR count). The van der Waals surface area contributed by atoms with E-state index in [0.29, 0.717) is 13.1 Å². The molecule has 2 aromatic rings. The van der Waals surface area contributed by atoms with Gasteiger partial charge in [-0.05, 0) is 11.1 Å². The lowest BCUT2D eigenvalue weighted by atomic mass is 10.1. The molecule has 3 heteroatoms. The standard InChI is InChI=1S/C18H22FNO/c1-21-15-18(19)14-20(12-16-8-4-2-5-9-16)13-17-10-6-3-7-11-17/h2-11,18H,12-15H2,1H3/i15D. The Bertz CT molecular complexity index is 496. The number of hydrogen-bond donors (Lipinski definition) is 0. The zero-order chi connectivity index (χ0) is 15.8. The summed E-state index contributed by atoms with van der Waals surface area (Å²) < 4.78 is 26.4. The van der Waals surface area contributed by atoms with Crippen LogP contribution in [0.2, 0.25) is 0 Å². The van der Waals surface area contributed by atoms with Gasteiger partial charge < -0.3 is 4.74 Å². The third-order valence-electron chi connectivity index (χ3n) is 3.21. The monoisotopic (exact) mass is 288 g/mol. The first-order valence-corrected chi connectivity index (χ1v) is 7.08. The molecule has 0 saturated heterocycles. The van der Waals surface area contributed by atoms with Crippen molar-refractivity contribution in [2.75, 3.05) is 20.2 Å². The highest BCUT2D eigenvalue weighted by molar-refractivity contribution is 5.17. The lowest BCUT2D eigenvalue weighted by molar-refractivity contribution is 0.0882. The second-order valence-electron chi connectivity index (χ2n) is 5.03. The van der Waals surface area contributed by atoms with E-state index in [1.54, 1.807) is 0 Å². The fraction of sp³-hybridized carbons (Fsp3) is 0.333. The van der Waals surface area contributed by atoms with Gasteiger partial charge in [-0.2, -0.15) is 0 Å². The SMILES string of the molecule is [2H]C(OC)C(F)CN(Cc1ccccc1)Cc1ccccc1. The Morgan fingerprint density at radius 3 is 1.90 bits per heavy atom. The molecule has 2 nitrogen and oxygen atoms in total. The topological polar surface area (TPSA) is 12.5 Å². The van der Waals surface area contributed by atoms with E-state index in [0.717, 1.165) is 11.1 Å². The van der Waals surface area contributed by atoms with E-state index in [9.17, 15) is 4.39 Å². The number of nitrogens with zero attached hydrogens (tertiary/aromatic N) is 1. The van der Waals surface area contributed by atoms with Crippen molar-refractivity contribution in [1.82, 2.24) is 4.90 Å². The van der Waals surface area contributed by atoms with Crippen molar-refractivity contribution in [2.24, 2.45) is 0 Å². The van der Waals surface area contributed by atoms with Gasteiger partial charge in [0.25, 0.3) is 0 Å². The van der Waals surface area contributed by atoms with E-state index in [1.807, 2.05) is 65.6 Å². The molecule has 0 spiro atoms. The summed E-state index contributed by atoms with van der Waals surface area (Å²) in [5.41, 5.74) is 2.26. The fourth-order valence-electron chi connectivity index (χ4n) is 2.31. The first-order chi connectivity index (χ1) is 10.7. The molecule has 0 amide bonds. The van der Waals surface area contributed by atoms with Crippen LogP contribution in [0.5, 0.6) is 0 Å². The van der Waals surface area contributed by atoms with Crippen molar-refractivity contribution in [3.63, 3.8) is 0 Å². The highest BCUT2D eigenvalue weighted by Crippen LogP contribution is 2.11. The van der Waals surface area contributed by atoms with Gasteiger partial charge in [0.05, 0.1) is 7.95 Å². The largest absolute Gasteiger partial charge is 0.382 e. The highest BCUT2D eigenvalue weighted by atomic mass is 19.1. The van der Waals surface area contributed by atoms with Crippen LogP contribution in [-0.2, 0) is 17.8 Å². The van der Waals surface area contributed by atoms with Crippen LogP contribution in [0.15, 0.2) is 60.7 Å². The minimum Gasteiger partial charge on any atom is -0.382 e. The summed E-state index contributed by atoms with van der Waals surface area (Å²) in [6.07, 6.45) is -1.34. The quantitative estimate of drug-likeness (QED) is 0.735. The minimum atomic E-state index is -1.34. The molecular formula is C18H22FNO. The number of ether oxygens (including phenoxy) is 1. The van der Waals surface area contributed by atoms with Crippen molar-refractivity contribution in [3.05, 3.63) is 71.8 Å². The van der Waals surface area contributed by atoms with Crippen LogP contribution in [0.1, 0.15) is 12.5 Å². The van der Waals surface area contributed by atoms with Crippen LogP contribution < -0.4 is 0 Å². The molecule has 0 aliphatic rings. The first-order valence-electron chi connectivity index (χ1n) is 7.66. The molecule has 0 saturated carbocycles. The van der Waals surface area contributed by atoms with Gasteiger partial charge in [0.2, 0.25) is 0 Å². The molecule has 21 heavy (non-hydrogen) atoms. The maximum atomic E-state index is 14.1. The van der Waals surface area contributed by atoms with Crippen LogP contribution in [-0.4, -0.2) is 31.3 Å². The normalized spacial score (nSPS) is 14.7. The molecule has 112 valence electrons. The Morgan fingerprint density at radius 2 is 1.48 bits per heavy atom. The number of methoxy groups -OCH3 is 1. The molecule has 2 atom stereocenters. The molecule has 0 aliphatic carbocycles. The van der Waals surface area contributed by atoms with Crippen molar-refractivity contribution < 1.29 is 10.5 Å². The average Bonchev–Trinajstić information content (AvgIpc) is 2.55. The van der Waals surface area contributed by atoms with Crippen LogP contribution in [0, 0.1) is 0 Å². The Labute approximate surface area is 127 Å². The van der Waals surface area contributed by atoms with Crippen LogP contribution >= 0.6 is 0 Å². The van der Waals surface area contributed by atoms with E-state index in [4.69, 9.17) is 6.11 Å². The molecule has 0 aliphatic heterocycles. The highest BCUT2D eigenvalue weighted by Gasteiger charge is 2.14. The molecule has 0 bridgehead atoms. The predicted molar refractivity (Wildman–Crippen MR) is 83.8 cm³/mol. The van der Waals surface area contributed by atoms with Gasteiger partial charge in [0.1, 0.15) is 6.17 Å². The average molecular weight is 288 g/mol. The third kappa shape index (κ3) is 5.66. The smallest absolute Gasteiger partial charge is 0.136 e. The van der Waals surface area contributed by atoms with Gasteiger partial charge in [-0.15, -0.1) is 0 Å². The van der Waals surface area contributed by atoms with Crippen molar-refractivity contribution >= 4 is 0 Å². The van der Waals surface area contributed by atoms with Gasteiger partial charge in [-0.25, -0.2) is 4.39 Å². The van der Waals surface area contributed by atoms with Crippen LogP contribution in [0.25, 0.3) is 0 Å². The van der Waals surface area contributed by atoms with Crippen LogP contribution in [0.4, 0.5) is 4.39 Å². The molecule has 0 fully saturated rings. The number of rotatable bonds is 8. The van der Waals surface area contributed by atoms with Gasteiger partial charge in [0.15, 0.2) is 0 Å². The predicted octanol–water partition coefficient (Wildman–Crippen LogP) is 3.67. The summed E-state index contributed by atoms with van der Waals surface area (Å²) in [7, 11) is 1.36. The van der Waals surface area contributed by atoms with Gasteiger partial charge in [-0.1, -0.05) is 60.7 Å². The van der Waals surface area contributed by atoms with Gasteiger partial charge in [0, 0.05) is 26.7 Å². The minimum absolute atomic E-state index is 0.172. The summed E-state index contributed by atoms with van der Waals surface area (Å²) in [4.78, 5) is 2.01. The van der Waals surface area contributed by atoms with E-state index < -0.39 is 12.8 Å². The lowest BCUT2D eigenvalue weighted by Crippen LogP contribution is -2.31. The third-order valence-corrected chi connectivity index (χ3v) is 3.21. The number of alkyl halides is 1. The van der Waals surface area contributed by atoms with E-state index in [-0.39, 0.29) is 6.54 Å². The van der Waals surface area contributed by atoms with E-state index >= 15 is 0 Å². The Kier molecular flexibility index (Phi) is 5.80. The summed E-state index contributed by atoms with van der Waals surface area (Å²) >= 11 is 0. The zero-order valence-electron chi connectivity index (χ0n) is 13.3. The Morgan fingerprint density at radius 1 is 1.00 bits per heavy atom. The van der Waals surface area contributed by atoms with Crippen molar-refractivity contribution in [3.8, 4) is 0 Å². The molecule has 0 aromatic heterocycles.